The van der Waals surface area contributed by atoms with E-state index in [1.54, 1.807) is 55.6 Å². The Labute approximate surface area is 169 Å². The van der Waals surface area contributed by atoms with Crippen molar-refractivity contribution in [2.45, 2.75) is 19.4 Å². The van der Waals surface area contributed by atoms with Gasteiger partial charge in [0.2, 0.25) is 0 Å². The molecule has 1 aliphatic heterocycles. The maximum absolute atomic E-state index is 12.3. The number of anilines is 1. The number of methoxy groups -OCH3 is 1. The number of rotatable bonds is 7. The third-order valence-corrected chi connectivity index (χ3v) is 6.58. The number of hydrogen-bond acceptors (Lipinski definition) is 6. The summed E-state index contributed by atoms with van der Waals surface area (Å²) < 4.78 is 33.2. The van der Waals surface area contributed by atoms with Gasteiger partial charge in [-0.15, -0.1) is 0 Å². The molecule has 1 fully saturated rings. The second-order valence-electron chi connectivity index (χ2n) is 7.01. The molecule has 1 N–H and O–H groups in total. The molecular formula is C21H23NO6S. The van der Waals surface area contributed by atoms with Crippen LogP contribution >= 0.6 is 0 Å². The van der Waals surface area contributed by atoms with Crippen LogP contribution < -0.4 is 10.1 Å². The van der Waals surface area contributed by atoms with E-state index in [2.05, 4.69) is 5.32 Å². The van der Waals surface area contributed by atoms with Crippen LogP contribution in [0.4, 0.5) is 5.69 Å². The lowest BCUT2D eigenvalue weighted by Crippen LogP contribution is -2.13. The Bertz CT molecular complexity index is 967. The van der Waals surface area contributed by atoms with Gasteiger partial charge in [-0.2, -0.15) is 0 Å². The first-order valence-electron chi connectivity index (χ1n) is 9.25. The van der Waals surface area contributed by atoms with Crippen molar-refractivity contribution in [3.63, 3.8) is 0 Å². The molecule has 1 amide bonds. The summed E-state index contributed by atoms with van der Waals surface area (Å²) in [5.41, 5.74) is 1.88. The summed E-state index contributed by atoms with van der Waals surface area (Å²) in [7, 11) is -1.42. The first-order chi connectivity index (χ1) is 13.8. The maximum atomic E-state index is 12.3. The lowest BCUT2D eigenvalue weighted by atomic mass is 10.1. The molecule has 7 nitrogen and oxygen atoms in total. The van der Waals surface area contributed by atoms with Gasteiger partial charge in [-0.25, -0.2) is 8.42 Å². The number of hydrogen-bond donors (Lipinski definition) is 1. The van der Waals surface area contributed by atoms with Crippen molar-refractivity contribution in [1.82, 2.24) is 0 Å². The van der Waals surface area contributed by atoms with Crippen LogP contribution in [0.5, 0.6) is 5.75 Å². The van der Waals surface area contributed by atoms with E-state index in [1.165, 1.54) is 0 Å². The molecular weight excluding hydrogens is 394 g/mol. The molecule has 1 heterocycles. The van der Waals surface area contributed by atoms with Crippen molar-refractivity contribution in [3.05, 3.63) is 59.7 Å². The number of sulfone groups is 1. The summed E-state index contributed by atoms with van der Waals surface area (Å²) in [6.07, 6.45) is 0.622. The molecule has 0 bridgehead atoms. The molecule has 0 radical (unpaired) electrons. The van der Waals surface area contributed by atoms with Crippen LogP contribution in [0.15, 0.2) is 48.5 Å². The molecule has 1 aliphatic rings. The zero-order chi connectivity index (χ0) is 20.9. The van der Waals surface area contributed by atoms with Gasteiger partial charge in [0.25, 0.3) is 5.91 Å². The average Bonchev–Trinajstić information content (AvgIpc) is 3.05. The molecule has 8 heteroatoms. The van der Waals surface area contributed by atoms with Gasteiger partial charge < -0.3 is 14.8 Å². The topological polar surface area (TPSA) is 98.8 Å². The number of carbonyl (C=O) groups is 2. The first kappa shape index (κ1) is 20.9. The van der Waals surface area contributed by atoms with E-state index in [1.807, 2.05) is 0 Å². The van der Waals surface area contributed by atoms with Gasteiger partial charge >= 0.3 is 5.97 Å². The van der Waals surface area contributed by atoms with Crippen molar-refractivity contribution in [1.29, 1.82) is 0 Å². The van der Waals surface area contributed by atoms with Crippen molar-refractivity contribution < 1.29 is 27.5 Å². The number of ether oxygens (including phenoxy) is 2. The Morgan fingerprint density at radius 3 is 2.34 bits per heavy atom. The zero-order valence-electron chi connectivity index (χ0n) is 16.1. The summed E-state index contributed by atoms with van der Waals surface area (Å²) in [5.74, 6) is 0.0908. The molecule has 0 saturated carbocycles. The van der Waals surface area contributed by atoms with Gasteiger partial charge in [-0.1, -0.05) is 12.1 Å². The second kappa shape index (κ2) is 9.09. The Balaban J connectivity index is 1.47. The van der Waals surface area contributed by atoms with Gasteiger partial charge in [0.1, 0.15) is 12.4 Å². The molecule has 2 aromatic rings. The maximum Gasteiger partial charge on any atom is 0.306 e. The van der Waals surface area contributed by atoms with E-state index >= 15 is 0 Å². The normalized spacial score (nSPS) is 17.5. The summed E-state index contributed by atoms with van der Waals surface area (Å²) in [5, 5.41) is 2.80. The first-order valence-corrected chi connectivity index (χ1v) is 11.1. The fraction of sp³-hybridized carbons (Fsp3) is 0.333. The molecule has 0 spiro atoms. The predicted octanol–water partition coefficient (Wildman–Crippen LogP) is 2.82. The van der Waals surface area contributed by atoms with E-state index in [0.29, 0.717) is 23.4 Å². The minimum Gasteiger partial charge on any atom is -0.497 e. The van der Waals surface area contributed by atoms with Crippen LogP contribution in [0.3, 0.4) is 0 Å². The highest BCUT2D eigenvalue weighted by atomic mass is 32.2. The molecule has 29 heavy (non-hydrogen) atoms. The summed E-state index contributed by atoms with van der Waals surface area (Å²) >= 11 is 0. The van der Waals surface area contributed by atoms with E-state index in [-0.39, 0.29) is 36.4 Å². The van der Waals surface area contributed by atoms with E-state index in [4.69, 9.17) is 9.47 Å². The van der Waals surface area contributed by atoms with Crippen LogP contribution in [0.1, 0.15) is 28.8 Å². The number of amides is 1. The van der Waals surface area contributed by atoms with Crippen molar-refractivity contribution in [2.75, 3.05) is 23.9 Å². The van der Waals surface area contributed by atoms with Gasteiger partial charge in [0, 0.05) is 17.7 Å². The quantitative estimate of drug-likeness (QED) is 0.696. The molecule has 0 aliphatic carbocycles. The Morgan fingerprint density at radius 1 is 1.07 bits per heavy atom. The highest BCUT2D eigenvalue weighted by Gasteiger charge is 2.29. The fourth-order valence-corrected chi connectivity index (χ4v) is 4.98. The van der Waals surface area contributed by atoms with Crippen molar-refractivity contribution in [2.24, 2.45) is 5.92 Å². The average molecular weight is 417 g/mol. The van der Waals surface area contributed by atoms with E-state index < -0.39 is 15.8 Å². The molecule has 1 atom stereocenters. The molecule has 3 rings (SSSR count). The fourth-order valence-electron chi connectivity index (χ4n) is 3.12. The summed E-state index contributed by atoms with van der Waals surface area (Å²) in [4.78, 5) is 24.2. The Morgan fingerprint density at radius 2 is 1.76 bits per heavy atom. The van der Waals surface area contributed by atoms with E-state index in [0.717, 1.165) is 5.56 Å². The lowest BCUT2D eigenvalue weighted by Gasteiger charge is -2.09. The minimum atomic E-state index is -3.00. The second-order valence-corrected chi connectivity index (χ2v) is 9.24. The van der Waals surface area contributed by atoms with Crippen molar-refractivity contribution in [3.8, 4) is 5.75 Å². The van der Waals surface area contributed by atoms with Gasteiger partial charge in [-0.05, 0) is 54.3 Å². The third kappa shape index (κ3) is 6.05. The molecule has 154 valence electrons. The van der Waals surface area contributed by atoms with Crippen LogP contribution in [0.25, 0.3) is 0 Å². The van der Waals surface area contributed by atoms with Crippen LogP contribution in [-0.2, 0) is 26.0 Å². The van der Waals surface area contributed by atoms with Gasteiger partial charge in [0.15, 0.2) is 9.84 Å². The monoisotopic (exact) mass is 417 g/mol. The SMILES string of the molecule is COc1ccc(NC(=O)c2ccc(COC(=O)C[C@H]3CCS(=O)(=O)C3)cc2)cc1. The summed E-state index contributed by atoms with van der Waals surface area (Å²) in [6, 6.07) is 13.8. The van der Waals surface area contributed by atoms with Gasteiger partial charge in [-0.3, -0.25) is 9.59 Å². The zero-order valence-corrected chi connectivity index (χ0v) is 16.9. The standard InChI is InChI=1S/C21H23NO6S/c1-27-19-8-6-18(7-9-19)22-21(24)17-4-2-15(3-5-17)13-28-20(23)12-16-10-11-29(25,26)14-16/h2-9,16H,10-14H2,1H3,(H,22,24)/t16-/m1/s1. The van der Waals surface area contributed by atoms with E-state index in [9.17, 15) is 18.0 Å². The van der Waals surface area contributed by atoms with Gasteiger partial charge in [0.05, 0.1) is 18.6 Å². The van der Waals surface area contributed by atoms with Crippen LogP contribution in [0, 0.1) is 5.92 Å². The molecule has 0 aromatic heterocycles. The molecule has 1 saturated heterocycles. The minimum absolute atomic E-state index is 0.0557. The molecule has 0 unspecified atom stereocenters. The van der Waals surface area contributed by atoms with Crippen molar-refractivity contribution >= 4 is 27.4 Å². The summed E-state index contributed by atoms with van der Waals surface area (Å²) in [6.45, 7) is 0.0820. The number of esters is 1. The Kier molecular flexibility index (Phi) is 6.53. The Hall–Kier alpha value is -2.87. The lowest BCUT2D eigenvalue weighted by molar-refractivity contribution is -0.145. The molecule has 2 aromatic carbocycles. The number of carbonyl (C=O) groups excluding carboxylic acids is 2. The van der Waals surface area contributed by atoms with Crippen LogP contribution in [-0.4, -0.2) is 38.9 Å². The highest BCUT2D eigenvalue weighted by molar-refractivity contribution is 7.91. The number of benzene rings is 2. The highest BCUT2D eigenvalue weighted by Crippen LogP contribution is 2.22. The largest absolute Gasteiger partial charge is 0.497 e. The predicted molar refractivity (Wildman–Crippen MR) is 109 cm³/mol. The van der Waals surface area contributed by atoms with Crippen LogP contribution in [0.2, 0.25) is 0 Å². The smallest absolute Gasteiger partial charge is 0.306 e. The third-order valence-electron chi connectivity index (χ3n) is 4.75. The number of nitrogens with one attached hydrogen (secondary N) is 1.